The maximum atomic E-state index is 11.9. The number of thioether (sulfide) groups is 1. The Labute approximate surface area is 163 Å². The number of thiocarbonyl (C=S) groups is 1. The van der Waals surface area contributed by atoms with Crippen molar-refractivity contribution < 1.29 is 14.6 Å². The molecular weight excluding hydrogens is 401 g/mol. The number of carbonyl (C=O) groups is 1. The average molecular weight is 412 g/mol. The van der Waals surface area contributed by atoms with Gasteiger partial charge in [-0.15, -0.1) is 0 Å². The molecule has 1 fully saturated rings. The molecule has 25 heavy (non-hydrogen) atoms. The first kappa shape index (κ1) is 18.1. The van der Waals surface area contributed by atoms with E-state index in [-0.39, 0.29) is 11.7 Å². The van der Waals surface area contributed by atoms with Crippen LogP contribution in [0.15, 0.2) is 35.2 Å². The van der Waals surface area contributed by atoms with Crippen LogP contribution in [0.4, 0.5) is 0 Å². The lowest BCUT2D eigenvalue weighted by Gasteiger charge is -2.13. The summed E-state index contributed by atoms with van der Waals surface area (Å²) < 4.78 is 5.68. The van der Waals surface area contributed by atoms with E-state index in [9.17, 15) is 9.90 Å². The van der Waals surface area contributed by atoms with E-state index < -0.39 is 0 Å². The van der Waals surface area contributed by atoms with E-state index in [1.165, 1.54) is 7.11 Å². The number of methoxy groups -OCH3 is 1. The molecule has 1 heterocycles. The number of phenolic OH excluding ortho intramolecular Hbond substituents is 1. The molecule has 1 aliphatic rings. The van der Waals surface area contributed by atoms with Gasteiger partial charge in [-0.05, 0) is 36.4 Å². The molecule has 8 heteroatoms. The summed E-state index contributed by atoms with van der Waals surface area (Å²) in [5, 5.41) is 14.2. The van der Waals surface area contributed by atoms with E-state index in [0.29, 0.717) is 41.7 Å². The molecule has 0 saturated carbocycles. The van der Waals surface area contributed by atoms with Crippen molar-refractivity contribution in [2.45, 2.75) is 0 Å². The summed E-state index contributed by atoms with van der Waals surface area (Å²) in [6.07, 6.45) is 1.55. The van der Waals surface area contributed by atoms with Crippen LogP contribution in [0.3, 0.4) is 0 Å². The summed E-state index contributed by atoms with van der Waals surface area (Å²) in [6, 6.07) is 8.24. The zero-order chi connectivity index (χ0) is 18.1. The van der Waals surface area contributed by atoms with Gasteiger partial charge >= 0.3 is 0 Å². The maximum Gasteiger partial charge on any atom is 0.263 e. The first-order chi connectivity index (χ1) is 11.9. The summed E-state index contributed by atoms with van der Waals surface area (Å²) in [7, 11) is 1.51. The molecule has 1 saturated heterocycles. The van der Waals surface area contributed by atoms with Crippen molar-refractivity contribution in [2.75, 3.05) is 7.11 Å². The standard InChI is InChI=1S/C17H11Cl2NO3S2/c1-23-10-4-8(5-14-16(22)20-17(24)25-14)15(21)12(7-10)11-6-9(18)2-3-13(11)19/h2-7,21H,1H3,(H,20,22,24)/b14-5-. The largest absolute Gasteiger partial charge is 0.507 e. The first-order valence-corrected chi connectivity index (χ1v) is 8.98. The minimum Gasteiger partial charge on any atom is -0.507 e. The van der Waals surface area contributed by atoms with Crippen LogP contribution in [0, 0.1) is 0 Å². The van der Waals surface area contributed by atoms with Crippen LogP contribution in [0.25, 0.3) is 17.2 Å². The smallest absolute Gasteiger partial charge is 0.263 e. The second kappa shape index (κ2) is 7.25. The van der Waals surface area contributed by atoms with Gasteiger partial charge in [0.25, 0.3) is 5.91 Å². The molecule has 0 atom stereocenters. The number of ether oxygens (including phenoxy) is 1. The van der Waals surface area contributed by atoms with Crippen LogP contribution < -0.4 is 10.1 Å². The van der Waals surface area contributed by atoms with Gasteiger partial charge in [0, 0.05) is 26.7 Å². The molecule has 2 aromatic rings. The van der Waals surface area contributed by atoms with Gasteiger partial charge in [0.05, 0.1) is 12.0 Å². The fourth-order valence-corrected chi connectivity index (χ4v) is 3.76. The quantitative estimate of drug-likeness (QED) is 0.557. The number of nitrogens with one attached hydrogen (secondary N) is 1. The van der Waals surface area contributed by atoms with Gasteiger partial charge in [-0.25, -0.2) is 0 Å². The second-order valence-corrected chi connectivity index (χ2v) is 7.65. The van der Waals surface area contributed by atoms with Crippen molar-refractivity contribution in [3.05, 3.63) is 50.8 Å². The fourth-order valence-electron chi connectivity index (χ4n) is 2.33. The Morgan fingerprint density at radius 2 is 2.00 bits per heavy atom. The van der Waals surface area contributed by atoms with Crippen molar-refractivity contribution in [2.24, 2.45) is 0 Å². The zero-order valence-corrected chi connectivity index (χ0v) is 15.9. The number of hydrogen-bond donors (Lipinski definition) is 2. The molecule has 0 unspecified atom stereocenters. The van der Waals surface area contributed by atoms with Gasteiger partial charge in [-0.1, -0.05) is 47.2 Å². The summed E-state index contributed by atoms with van der Waals surface area (Å²) in [6.45, 7) is 0. The Balaban J connectivity index is 2.18. The van der Waals surface area contributed by atoms with Crippen LogP contribution in [0.2, 0.25) is 10.0 Å². The molecule has 0 aromatic heterocycles. The van der Waals surface area contributed by atoms with E-state index in [4.69, 9.17) is 40.2 Å². The SMILES string of the molecule is COc1cc(/C=C2\SC(=S)NC2=O)c(O)c(-c2cc(Cl)ccc2Cl)c1. The van der Waals surface area contributed by atoms with Gasteiger partial charge < -0.3 is 15.2 Å². The van der Waals surface area contributed by atoms with E-state index in [2.05, 4.69) is 5.32 Å². The van der Waals surface area contributed by atoms with Crippen LogP contribution in [0.1, 0.15) is 5.56 Å². The number of phenols is 1. The highest BCUT2D eigenvalue weighted by atomic mass is 35.5. The van der Waals surface area contributed by atoms with E-state index in [1.54, 1.807) is 36.4 Å². The summed E-state index contributed by atoms with van der Waals surface area (Å²) in [5.74, 6) is 0.157. The molecule has 3 rings (SSSR count). The first-order valence-electron chi connectivity index (χ1n) is 7.00. The third-order valence-electron chi connectivity index (χ3n) is 3.50. The Bertz CT molecular complexity index is 928. The minimum atomic E-state index is -0.306. The monoisotopic (exact) mass is 411 g/mol. The molecular formula is C17H11Cl2NO3S2. The molecule has 0 radical (unpaired) electrons. The fraction of sp³-hybridized carbons (Fsp3) is 0.0588. The highest BCUT2D eigenvalue weighted by Gasteiger charge is 2.23. The summed E-state index contributed by atoms with van der Waals surface area (Å²) in [4.78, 5) is 12.3. The molecule has 2 aromatic carbocycles. The van der Waals surface area contributed by atoms with Gasteiger partial charge in [0.15, 0.2) is 0 Å². The summed E-state index contributed by atoms with van der Waals surface area (Å²) in [5.41, 5.74) is 1.42. The molecule has 4 nitrogen and oxygen atoms in total. The number of rotatable bonds is 3. The Morgan fingerprint density at radius 3 is 2.64 bits per heavy atom. The molecule has 0 spiro atoms. The molecule has 0 bridgehead atoms. The summed E-state index contributed by atoms with van der Waals surface area (Å²) >= 11 is 18.4. The number of benzene rings is 2. The van der Waals surface area contributed by atoms with Crippen LogP contribution in [-0.4, -0.2) is 22.4 Å². The van der Waals surface area contributed by atoms with Crippen LogP contribution in [0.5, 0.6) is 11.5 Å². The number of amides is 1. The van der Waals surface area contributed by atoms with Crippen molar-refractivity contribution in [3.8, 4) is 22.6 Å². The predicted octanol–water partition coefficient (Wildman–Crippen LogP) is 4.86. The van der Waals surface area contributed by atoms with Gasteiger partial charge in [0.2, 0.25) is 0 Å². The zero-order valence-electron chi connectivity index (χ0n) is 12.8. The van der Waals surface area contributed by atoms with Crippen LogP contribution in [-0.2, 0) is 4.79 Å². The number of aromatic hydroxyl groups is 1. The van der Waals surface area contributed by atoms with Crippen molar-refractivity contribution >= 4 is 63.5 Å². The van der Waals surface area contributed by atoms with Crippen molar-refractivity contribution in [1.82, 2.24) is 5.32 Å². The molecule has 2 N–H and O–H groups in total. The van der Waals surface area contributed by atoms with E-state index in [1.807, 2.05) is 0 Å². The Kier molecular flexibility index (Phi) is 5.24. The highest BCUT2D eigenvalue weighted by molar-refractivity contribution is 8.26. The second-order valence-electron chi connectivity index (χ2n) is 5.09. The third-order valence-corrected chi connectivity index (χ3v) is 5.22. The molecule has 128 valence electrons. The minimum absolute atomic E-state index is 0.0383. The van der Waals surface area contributed by atoms with Crippen molar-refractivity contribution in [3.63, 3.8) is 0 Å². The average Bonchev–Trinajstić information content (AvgIpc) is 2.89. The molecule has 1 amide bonds. The van der Waals surface area contributed by atoms with E-state index in [0.717, 1.165) is 11.8 Å². The number of carbonyl (C=O) groups excluding carboxylic acids is 1. The van der Waals surface area contributed by atoms with Gasteiger partial charge in [-0.2, -0.15) is 0 Å². The maximum absolute atomic E-state index is 11.9. The lowest BCUT2D eigenvalue weighted by molar-refractivity contribution is -0.115. The van der Waals surface area contributed by atoms with E-state index >= 15 is 0 Å². The third kappa shape index (κ3) is 3.77. The molecule has 1 aliphatic heterocycles. The Morgan fingerprint density at radius 1 is 1.24 bits per heavy atom. The lowest BCUT2D eigenvalue weighted by atomic mass is 10.00. The topological polar surface area (TPSA) is 58.6 Å². The number of halogens is 2. The highest BCUT2D eigenvalue weighted by Crippen LogP contribution is 2.42. The molecule has 0 aliphatic carbocycles. The van der Waals surface area contributed by atoms with Gasteiger partial charge in [0.1, 0.15) is 15.8 Å². The lowest BCUT2D eigenvalue weighted by Crippen LogP contribution is -2.17. The number of hydrogen-bond acceptors (Lipinski definition) is 5. The van der Waals surface area contributed by atoms with Crippen LogP contribution >= 0.6 is 47.2 Å². The van der Waals surface area contributed by atoms with Gasteiger partial charge in [-0.3, -0.25) is 4.79 Å². The predicted molar refractivity (Wildman–Crippen MR) is 106 cm³/mol. The normalized spacial score (nSPS) is 15.6. The Hall–Kier alpha value is -1.73. The van der Waals surface area contributed by atoms with Crippen molar-refractivity contribution in [1.29, 1.82) is 0 Å².